The molecule has 0 aromatic heterocycles. The number of para-hydroxylation sites is 1. The standard InChI is InChI=1S/C21H22N2O5S/c1-12-8-9-16(27-3)15(10-12)23-20(25)13(2)28-19(24)11-18-21(26)22-14-6-4-5-7-17(14)29-18/h4-10,13,18H,11H2,1-3H3,(H,22,26)(H,23,25)/t13-,18+/m0/s1. The summed E-state index contributed by atoms with van der Waals surface area (Å²) in [5.41, 5.74) is 2.18. The van der Waals surface area contributed by atoms with Crippen molar-refractivity contribution in [3.8, 4) is 5.75 Å². The number of aryl methyl sites for hydroxylation is 1. The van der Waals surface area contributed by atoms with E-state index in [9.17, 15) is 14.4 Å². The second kappa shape index (κ2) is 9.00. The van der Waals surface area contributed by atoms with Gasteiger partial charge in [-0.05, 0) is 43.7 Å². The van der Waals surface area contributed by atoms with Gasteiger partial charge in [0.2, 0.25) is 5.91 Å². The lowest BCUT2D eigenvalue weighted by Gasteiger charge is -2.23. The summed E-state index contributed by atoms with van der Waals surface area (Å²) in [4.78, 5) is 37.8. The highest BCUT2D eigenvalue weighted by molar-refractivity contribution is 8.01. The number of hydrogen-bond donors (Lipinski definition) is 2. The Bertz CT molecular complexity index is 946. The molecule has 0 fully saturated rings. The first kappa shape index (κ1) is 20.7. The van der Waals surface area contributed by atoms with Crippen molar-refractivity contribution in [3.63, 3.8) is 0 Å². The maximum atomic E-state index is 12.4. The largest absolute Gasteiger partial charge is 0.495 e. The number of esters is 1. The molecule has 2 aromatic carbocycles. The Kier molecular flexibility index (Phi) is 6.43. The molecule has 3 rings (SSSR count). The number of amides is 2. The molecule has 2 atom stereocenters. The zero-order valence-electron chi connectivity index (χ0n) is 16.4. The van der Waals surface area contributed by atoms with Gasteiger partial charge in [-0.3, -0.25) is 14.4 Å². The molecule has 7 nitrogen and oxygen atoms in total. The molecule has 8 heteroatoms. The van der Waals surface area contributed by atoms with Gasteiger partial charge in [-0.15, -0.1) is 11.8 Å². The maximum absolute atomic E-state index is 12.4. The van der Waals surface area contributed by atoms with Crippen LogP contribution in [-0.2, 0) is 19.1 Å². The number of carbonyl (C=O) groups is 3. The molecule has 1 aliphatic rings. The average Bonchev–Trinajstić information content (AvgIpc) is 2.68. The molecular formula is C21H22N2O5S. The van der Waals surface area contributed by atoms with E-state index in [1.165, 1.54) is 25.8 Å². The van der Waals surface area contributed by atoms with Crippen molar-refractivity contribution in [2.24, 2.45) is 0 Å². The maximum Gasteiger partial charge on any atom is 0.308 e. The van der Waals surface area contributed by atoms with Gasteiger partial charge in [-0.1, -0.05) is 18.2 Å². The summed E-state index contributed by atoms with van der Waals surface area (Å²) in [6.45, 7) is 3.38. The summed E-state index contributed by atoms with van der Waals surface area (Å²) in [7, 11) is 1.51. The Labute approximate surface area is 173 Å². The molecule has 1 aliphatic heterocycles. The van der Waals surface area contributed by atoms with Crippen LogP contribution < -0.4 is 15.4 Å². The summed E-state index contributed by atoms with van der Waals surface area (Å²) in [5, 5.41) is 4.88. The first-order valence-electron chi connectivity index (χ1n) is 9.09. The van der Waals surface area contributed by atoms with Crippen LogP contribution in [0, 0.1) is 6.92 Å². The van der Waals surface area contributed by atoms with Crippen LogP contribution in [0.15, 0.2) is 47.4 Å². The molecule has 1 heterocycles. The molecule has 0 radical (unpaired) electrons. The molecular weight excluding hydrogens is 392 g/mol. The van der Waals surface area contributed by atoms with E-state index < -0.39 is 23.2 Å². The third kappa shape index (κ3) is 5.08. The second-order valence-corrected chi connectivity index (χ2v) is 7.87. The Morgan fingerprint density at radius 1 is 1.24 bits per heavy atom. The van der Waals surface area contributed by atoms with Crippen molar-refractivity contribution in [2.45, 2.75) is 36.5 Å². The normalized spacial score (nSPS) is 16.2. The number of benzene rings is 2. The number of nitrogens with one attached hydrogen (secondary N) is 2. The van der Waals surface area contributed by atoms with Gasteiger partial charge >= 0.3 is 5.97 Å². The Morgan fingerprint density at radius 2 is 2.00 bits per heavy atom. The van der Waals surface area contributed by atoms with Gasteiger partial charge in [-0.25, -0.2) is 0 Å². The predicted octanol–water partition coefficient (Wildman–Crippen LogP) is 3.38. The van der Waals surface area contributed by atoms with Crippen LogP contribution in [0.4, 0.5) is 11.4 Å². The van der Waals surface area contributed by atoms with Crippen LogP contribution in [0.1, 0.15) is 18.9 Å². The van der Waals surface area contributed by atoms with Crippen LogP contribution >= 0.6 is 11.8 Å². The van der Waals surface area contributed by atoms with Gasteiger partial charge in [-0.2, -0.15) is 0 Å². The first-order valence-corrected chi connectivity index (χ1v) is 9.97. The predicted molar refractivity (Wildman–Crippen MR) is 111 cm³/mol. The fourth-order valence-corrected chi connectivity index (χ4v) is 3.93. The molecule has 0 bridgehead atoms. The Balaban J connectivity index is 1.57. The van der Waals surface area contributed by atoms with Crippen molar-refractivity contribution in [1.29, 1.82) is 0 Å². The Morgan fingerprint density at radius 3 is 2.76 bits per heavy atom. The fourth-order valence-electron chi connectivity index (χ4n) is 2.83. The van der Waals surface area contributed by atoms with Crippen molar-refractivity contribution in [1.82, 2.24) is 0 Å². The molecule has 2 aromatic rings. The summed E-state index contributed by atoms with van der Waals surface area (Å²) in [6, 6.07) is 12.8. The number of fused-ring (bicyclic) bond motifs is 1. The fraction of sp³-hybridized carbons (Fsp3) is 0.286. The summed E-state index contributed by atoms with van der Waals surface area (Å²) in [6.07, 6.45) is -1.15. The molecule has 0 unspecified atom stereocenters. The van der Waals surface area contributed by atoms with Gasteiger partial charge in [0, 0.05) is 4.90 Å². The zero-order chi connectivity index (χ0) is 21.0. The third-order valence-electron chi connectivity index (χ3n) is 4.35. The summed E-state index contributed by atoms with van der Waals surface area (Å²) in [5.74, 6) is -0.840. The number of ether oxygens (including phenoxy) is 2. The summed E-state index contributed by atoms with van der Waals surface area (Å²) >= 11 is 1.31. The number of carbonyl (C=O) groups excluding carboxylic acids is 3. The highest BCUT2D eigenvalue weighted by Gasteiger charge is 2.30. The van der Waals surface area contributed by atoms with Crippen LogP contribution in [0.5, 0.6) is 5.75 Å². The average molecular weight is 414 g/mol. The number of thioether (sulfide) groups is 1. The van der Waals surface area contributed by atoms with Crippen LogP contribution in [0.2, 0.25) is 0 Å². The number of hydrogen-bond acceptors (Lipinski definition) is 6. The molecule has 2 N–H and O–H groups in total. The summed E-state index contributed by atoms with van der Waals surface area (Å²) < 4.78 is 10.5. The third-order valence-corrected chi connectivity index (χ3v) is 5.62. The number of methoxy groups -OCH3 is 1. The first-order chi connectivity index (χ1) is 13.9. The highest BCUT2D eigenvalue weighted by Crippen LogP contribution is 2.36. The van der Waals surface area contributed by atoms with Gasteiger partial charge in [0.1, 0.15) is 5.75 Å². The van der Waals surface area contributed by atoms with Crippen molar-refractivity contribution >= 4 is 40.9 Å². The molecule has 0 saturated heterocycles. The van der Waals surface area contributed by atoms with E-state index in [2.05, 4.69) is 10.6 Å². The minimum absolute atomic E-state index is 0.129. The molecule has 152 valence electrons. The monoisotopic (exact) mass is 414 g/mol. The molecule has 2 amide bonds. The van der Waals surface area contributed by atoms with Gasteiger partial charge < -0.3 is 20.1 Å². The SMILES string of the molecule is COc1ccc(C)cc1NC(=O)[C@H](C)OC(=O)C[C@H]1Sc2ccccc2NC1=O. The lowest BCUT2D eigenvalue weighted by atomic mass is 10.2. The van der Waals surface area contributed by atoms with E-state index in [-0.39, 0.29) is 12.3 Å². The lowest BCUT2D eigenvalue weighted by molar-refractivity contribution is -0.153. The second-order valence-electron chi connectivity index (χ2n) is 6.62. The quantitative estimate of drug-likeness (QED) is 0.704. The molecule has 0 saturated carbocycles. The molecule has 0 spiro atoms. The van der Waals surface area contributed by atoms with E-state index >= 15 is 0 Å². The van der Waals surface area contributed by atoms with E-state index in [0.717, 1.165) is 16.1 Å². The van der Waals surface area contributed by atoms with Gasteiger partial charge in [0.15, 0.2) is 6.10 Å². The topological polar surface area (TPSA) is 93.7 Å². The van der Waals surface area contributed by atoms with Gasteiger partial charge in [0.25, 0.3) is 5.91 Å². The van der Waals surface area contributed by atoms with Crippen LogP contribution in [0.3, 0.4) is 0 Å². The van der Waals surface area contributed by atoms with Crippen LogP contribution in [-0.4, -0.2) is 36.2 Å². The Hall–Kier alpha value is -3.00. The lowest BCUT2D eigenvalue weighted by Crippen LogP contribution is -2.34. The van der Waals surface area contributed by atoms with E-state index in [1.54, 1.807) is 18.2 Å². The van der Waals surface area contributed by atoms with E-state index in [0.29, 0.717) is 11.4 Å². The van der Waals surface area contributed by atoms with E-state index in [4.69, 9.17) is 9.47 Å². The van der Waals surface area contributed by atoms with Crippen LogP contribution in [0.25, 0.3) is 0 Å². The highest BCUT2D eigenvalue weighted by atomic mass is 32.2. The van der Waals surface area contributed by atoms with Crippen molar-refractivity contribution < 1.29 is 23.9 Å². The van der Waals surface area contributed by atoms with Crippen molar-refractivity contribution in [3.05, 3.63) is 48.0 Å². The van der Waals surface area contributed by atoms with Crippen molar-refractivity contribution in [2.75, 3.05) is 17.7 Å². The number of anilines is 2. The smallest absolute Gasteiger partial charge is 0.308 e. The molecule has 29 heavy (non-hydrogen) atoms. The van der Waals surface area contributed by atoms with Gasteiger partial charge in [0.05, 0.1) is 30.2 Å². The van der Waals surface area contributed by atoms with E-state index in [1.807, 2.05) is 31.2 Å². The minimum atomic E-state index is -1.02. The zero-order valence-corrected chi connectivity index (χ0v) is 17.2. The minimum Gasteiger partial charge on any atom is -0.495 e. The molecule has 0 aliphatic carbocycles. The number of rotatable bonds is 6.